The monoisotopic (exact) mass is 529 g/mol. The second kappa shape index (κ2) is 15.1. The third-order valence-corrected chi connectivity index (χ3v) is 5.82. The van der Waals surface area contributed by atoms with E-state index in [2.05, 4.69) is 28.6 Å². The molecular weight excluding hydrogens is 498 g/mol. The number of carboxylic acids is 1. The van der Waals surface area contributed by atoms with E-state index >= 15 is 0 Å². The number of rotatable bonds is 15. The van der Waals surface area contributed by atoms with Crippen molar-refractivity contribution in [2.45, 2.75) is 43.4 Å². The number of primary amides is 1. The van der Waals surface area contributed by atoms with E-state index in [0.29, 0.717) is 11.3 Å². The van der Waals surface area contributed by atoms with Crippen LogP contribution in [-0.4, -0.2) is 81.7 Å². The third kappa shape index (κ3) is 10.9. The lowest BCUT2D eigenvalue weighted by Crippen LogP contribution is -2.58. The summed E-state index contributed by atoms with van der Waals surface area (Å²) in [6.45, 7) is 0. The quantitative estimate of drug-likeness (QED) is 0.122. The Bertz CT molecular complexity index is 901. The summed E-state index contributed by atoms with van der Waals surface area (Å²) < 4.78 is 0. The third-order valence-electron chi connectivity index (χ3n) is 4.81. The number of nitrogens with one attached hydrogen (secondary N) is 3. The van der Waals surface area contributed by atoms with Gasteiger partial charge in [0.15, 0.2) is 0 Å². The van der Waals surface area contributed by atoms with Crippen LogP contribution in [0.2, 0.25) is 0 Å². The highest BCUT2D eigenvalue weighted by Gasteiger charge is 2.30. The van der Waals surface area contributed by atoms with E-state index in [-0.39, 0.29) is 24.3 Å². The van der Waals surface area contributed by atoms with Crippen molar-refractivity contribution >= 4 is 54.0 Å². The number of thioether (sulfide) groups is 1. The number of aliphatic carboxylic acids is 1. The summed E-state index contributed by atoms with van der Waals surface area (Å²) in [6, 6.07) is 1.08. The molecule has 0 aliphatic heterocycles. The Morgan fingerprint density at radius 2 is 1.51 bits per heavy atom. The van der Waals surface area contributed by atoms with E-state index in [1.54, 1.807) is 18.4 Å². The van der Waals surface area contributed by atoms with Crippen LogP contribution in [0.15, 0.2) is 24.3 Å². The Hall–Kier alpha value is -2.97. The maximum Gasteiger partial charge on any atom is 0.327 e. The fourth-order valence-electron chi connectivity index (χ4n) is 2.90. The normalized spacial score (nSPS) is 14.1. The smallest absolute Gasteiger partial charge is 0.327 e. The van der Waals surface area contributed by atoms with Crippen LogP contribution in [0, 0.1) is 0 Å². The first-order chi connectivity index (χ1) is 16.5. The van der Waals surface area contributed by atoms with Gasteiger partial charge in [0.1, 0.15) is 23.9 Å². The molecule has 1 aromatic carbocycles. The molecule has 0 radical (unpaired) electrons. The maximum absolute atomic E-state index is 13.1. The summed E-state index contributed by atoms with van der Waals surface area (Å²) in [5.74, 6) is -3.97. The minimum atomic E-state index is -1.29. The lowest BCUT2D eigenvalue weighted by Gasteiger charge is -2.25. The number of hydrogen-bond acceptors (Lipinski definition) is 9. The summed E-state index contributed by atoms with van der Waals surface area (Å²) in [4.78, 5) is 60.7. The van der Waals surface area contributed by atoms with Gasteiger partial charge in [-0.1, -0.05) is 12.1 Å². The van der Waals surface area contributed by atoms with E-state index in [1.807, 2.05) is 0 Å². The van der Waals surface area contributed by atoms with Crippen molar-refractivity contribution in [3.8, 4) is 5.75 Å². The number of thiol groups is 1. The number of phenols is 1. The molecule has 0 aliphatic carbocycles. The number of carboxylic acid groups (broad SMARTS) is 1. The van der Waals surface area contributed by atoms with Crippen LogP contribution in [0.4, 0.5) is 0 Å². The topological polar surface area (TPSA) is 214 Å². The molecule has 0 saturated carbocycles. The number of carbonyl (C=O) groups excluding carboxylic acids is 4. The number of nitrogens with two attached hydrogens (primary N) is 2. The van der Waals surface area contributed by atoms with Gasteiger partial charge < -0.3 is 37.6 Å². The molecule has 1 aromatic rings. The van der Waals surface area contributed by atoms with Gasteiger partial charge >= 0.3 is 5.97 Å². The Morgan fingerprint density at radius 3 is 2.03 bits per heavy atom. The summed E-state index contributed by atoms with van der Waals surface area (Å²) in [5.41, 5.74) is 11.3. The molecule has 4 amide bonds. The molecule has 0 heterocycles. The fraction of sp³-hybridized carbons (Fsp3) is 0.476. The summed E-state index contributed by atoms with van der Waals surface area (Å²) in [7, 11) is 0. The number of amides is 4. The van der Waals surface area contributed by atoms with Gasteiger partial charge in [-0.25, -0.2) is 4.79 Å². The lowest BCUT2D eigenvalue weighted by atomic mass is 10.0. The van der Waals surface area contributed by atoms with E-state index < -0.39 is 60.2 Å². The number of hydrogen-bond donors (Lipinski definition) is 8. The average molecular weight is 530 g/mol. The second-order valence-corrected chi connectivity index (χ2v) is 8.98. The average Bonchev–Trinajstić information content (AvgIpc) is 2.79. The predicted molar refractivity (Wildman–Crippen MR) is 134 cm³/mol. The van der Waals surface area contributed by atoms with Gasteiger partial charge in [-0.3, -0.25) is 19.2 Å². The molecule has 0 aliphatic rings. The van der Waals surface area contributed by atoms with Gasteiger partial charge in [0.2, 0.25) is 23.6 Å². The van der Waals surface area contributed by atoms with Crippen molar-refractivity contribution in [1.29, 1.82) is 0 Å². The van der Waals surface area contributed by atoms with Crippen molar-refractivity contribution in [2.75, 3.05) is 17.8 Å². The second-order valence-electron chi connectivity index (χ2n) is 7.63. The van der Waals surface area contributed by atoms with Gasteiger partial charge in [0, 0.05) is 12.2 Å². The van der Waals surface area contributed by atoms with Gasteiger partial charge in [-0.05, 0) is 36.1 Å². The molecule has 0 aromatic heterocycles. The lowest BCUT2D eigenvalue weighted by molar-refractivity contribution is -0.141. The highest BCUT2D eigenvalue weighted by molar-refractivity contribution is 7.98. The molecule has 0 bridgehead atoms. The SMILES string of the molecule is CSCCC(NC(=O)C(Cc1ccc(O)cc1)NC(=O)C(N)CC(N)=O)C(=O)NC(CS)C(=O)O. The highest BCUT2D eigenvalue weighted by Crippen LogP contribution is 2.12. The Kier molecular flexibility index (Phi) is 13.0. The summed E-state index contributed by atoms with van der Waals surface area (Å²) >= 11 is 5.34. The van der Waals surface area contributed by atoms with Gasteiger partial charge in [0.05, 0.1) is 12.5 Å². The van der Waals surface area contributed by atoms with Crippen molar-refractivity contribution in [3.63, 3.8) is 0 Å². The molecule has 4 atom stereocenters. The molecule has 4 unspecified atom stereocenters. The van der Waals surface area contributed by atoms with E-state index in [0.717, 1.165) is 0 Å². The van der Waals surface area contributed by atoms with E-state index in [1.165, 1.54) is 23.9 Å². The first-order valence-corrected chi connectivity index (χ1v) is 12.6. The van der Waals surface area contributed by atoms with Crippen LogP contribution in [-0.2, 0) is 30.4 Å². The summed E-state index contributed by atoms with van der Waals surface area (Å²) in [5, 5.41) is 26.0. The molecule has 0 fully saturated rings. The molecule has 0 spiro atoms. The standard InChI is InChI=1S/C21H31N5O7S2/c1-35-7-6-14(19(30)26-16(10-34)21(32)33)24-20(31)15(8-11-2-4-12(27)5-3-11)25-18(29)13(22)9-17(23)28/h2-5,13-16,27,34H,6-10,22H2,1H3,(H2,23,28)(H,24,31)(H,25,29)(H,26,30)(H,32,33). The highest BCUT2D eigenvalue weighted by atomic mass is 32.2. The number of carbonyl (C=O) groups is 5. The zero-order valence-corrected chi connectivity index (χ0v) is 20.8. The Labute approximate surface area is 212 Å². The first-order valence-electron chi connectivity index (χ1n) is 10.5. The zero-order chi connectivity index (χ0) is 26.5. The fourth-order valence-corrected chi connectivity index (χ4v) is 3.62. The largest absolute Gasteiger partial charge is 0.508 e. The van der Waals surface area contributed by atoms with Crippen molar-refractivity contribution in [2.24, 2.45) is 11.5 Å². The van der Waals surface area contributed by atoms with E-state index in [9.17, 15) is 34.2 Å². The van der Waals surface area contributed by atoms with Crippen LogP contribution in [0.5, 0.6) is 5.75 Å². The Morgan fingerprint density at radius 1 is 0.971 bits per heavy atom. The molecule has 9 N–H and O–H groups in total. The number of benzene rings is 1. The van der Waals surface area contributed by atoms with Crippen molar-refractivity contribution < 1.29 is 34.2 Å². The minimum absolute atomic E-state index is 0.00763. The van der Waals surface area contributed by atoms with Crippen molar-refractivity contribution in [1.82, 2.24) is 16.0 Å². The van der Waals surface area contributed by atoms with Gasteiger partial charge in [0.25, 0.3) is 0 Å². The predicted octanol–water partition coefficient (Wildman–Crippen LogP) is -1.64. The summed E-state index contributed by atoms with van der Waals surface area (Å²) in [6.07, 6.45) is 1.54. The van der Waals surface area contributed by atoms with Crippen LogP contribution >= 0.6 is 24.4 Å². The van der Waals surface area contributed by atoms with E-state index in [4.69, 9.17) is 11.5 Å². The van der Waals surface area contributed by atoms with Crippen molar-refractivity contribution in [3.05, 3.63) is 29.8 Å². The zero-order valence-electron chi connectivity index (χ0n) is 19.1. The number of aromatic hydroxyl groups is 1. The Balaban J connectivity index is 3.09. The first kappa shape index (κ1) is 30.1. The molecule has 12 nitrogen and oxygen atoms in total. The molecule has 14 heteroatoms. The van der Waals surface area contributed by atoms with Crippen LogP contribution in [0.1, 0.15) is 18.4 Å². The van der Waals surface area contributed by atoms with Gasteiger partial charge in [-0.15, -0.1) is 0 Å². The molecule has 0 saturated heterocycles. The minimum Gasteiger partial charge on any atom is -0.508 e. The van der Waals surface area contributed by atoms with Crippen LogP contribution in [0.25, 0.3) is 0 Å². The van der Waals surface area contributed by atoms with Gasteiger partial charge in [-0.2, -0.15) is 24.4 Å². The van der Waals surface area contributed by atoms with Crippen LogP contribution in [0.3, 0.4) is 0 Å². The molecular formula is C21H31N5O7S2. The van der Waals surface area contributed by atoms with Crippen LogP contribution < -0.4 is 27.4 Å². The molecule has 194 valence electrons. The number of phenolic OH excluding ortho intramolecular Hbond substituents is 1. The maximum atomic E-state index is 13.1. The molecule has 35 heavy (non-hydrogen) atoms. The molecule has 1 rings (SSSR count).